The number of allylic oxidation sites excluding steroid dienone is 1. The number of amides is 2. The van der Waals surface area contributed by atoms with Gasteiger partial charge in [-0.05, 0) is 42.8 Å². The molecule has 5 aliphatic heterocycles. The number of hydrogen-bond donors (Lipinski definition) is 3. The number of furan rings is 1. The monoisotopic (exact) mass is 616 g/mol. The summed E-state index contributed by atoms with van der Waals surface area (Å²) in [5.74, 6) is -1.87. The van der Waals surface area contributed by atoms with Crippen molar-refractivity contribution in [1.82, 2.24) is 4.90 Å². The number of quaternary nitrogens is 2. The van der Waals surface area contributed by atoms with Crippen molar-refractivity contribution >= 4 is 39.7 Å². The summed E-state index contributed by atoms with van der Waals surface area (Å²) < 4.78 is 14.3. The molecule has 2 bridgehead atoms. The minimum atomic E-state index is -1.16. The lowest BCUT2D eigenvalue weighted by Crippen LogP contribution is -2.75. The van der Waals surface area contributed by atoms with Gasteiger partial charge in [0.2, 0.25) is 5.91 Å². The topological polar surface area (TPSA) is 143 Å². The Bertz CT molecular complexity index is 1760. The first-order chi connectivity index (χ1) is 21.5. The number of benzene rings is 2. The van der Waals surface area contributed by atoms with E-state index in [0.717, 1.165) is 76.7 Å². The van der Waals surface area contributed by atoms with Crippen molar-refractivity contribution in [2.75, 3.05) is 52.4 Å². The number of carbonyl (C=O) groups is 3. The Morgan fingerprint density at radius 1 is 1.11 bits per heavy atom. The summed E-state index contributed by atoms with van der Waals surface area (Å²) in [7, 11) is 0. The fourth-order valence-electron chi connectivity index (χ4n) is 8.32. The Morgan fingerprint density at radius 3 is 2.49 bits per heavy atom. The molecule has 6 heterocycles. The number of hydrogen-bond acceptors (Lipinski definition) is 6. The number of β-lactam (4-membered cyclic amide) rings is 1. The molecular formula is C34H40N4O7+2. The van der Waals surface area contributed by atoms with Crippen molar-refractivity contribution in [2.24, 2.45) is 17.6 Å². The van der Waals surface area contributed by atoms with Gasteiger partial charge in [0.1, 0.15) is 75.0 Å². The molecule has 4 fully saturated rings. The Kier molecular flexibility index (Phi) is 7.03. The minimum Gasteiger partial charge on any atom is -0.489 e. The zero-order chi connectivity index (χ0) is 31.7. The van der Waals surface area contributed by atoms with Gasteiger partial charge in [0.25, 0.3) is 5.91 Å². The maximum absolute atomic E-state index is 12.6. The normalized spacial score (nSPS) is 29.9. The number of carboxylic acid groups (broad SMARTS) is 1. The van der Waals surface area contributed by atoms with Gasteiger partial charge in [-0.1, -0.05) is 25.1 Å². The SMILES string of the molecule is CC(O)C1C(=O)N2C(C(=O)O)=C(/C=C/COc3cccc4oc5cc(C[N+]67CC[N+](CC(N)=O)(CC6)CC7)ccc5c34)[C@H](C)C12. The molecule has 0 radical (unpaired) electrons. The molecule has 2 aromatic carbocycles. The van der Waals surface area contributed by atoms with E-state index in [-0.39, 0.29) is 36.1 Å². The van der Waals surface area contributed by atoms with Crippen LogP contribution in [0.15, 0.2) is 64.2 Å². The molecule has 4 saturated heterocycles. The van der Waals surface area contributed by atoms with E-state index in [0.29, 0.717) is 17.9 Å². The first-order valence-electron chi connectivity index (χ1n) is 15.7. The van der Waals surface area contributed by atoms with Crippen molar-refractivity contribution in [1.29, 1.82) is 0 Å². The molecule has 3 unspecified atom stereocenters. The number of nitrogens with two attached hydrogens (primary N) is 1. The van der Waals surface area contributed by atoms with Gasteiger partial charge in [0.15, 0.2) is 6.54 Å². The molecular weight excluding hydrogens is 576 g/mol. The number of primary amides is 1. The van der Waals surface area contributed by atoms with Gasteiger partial charge in [-0.15, -0.1) is 0 Å². The van der Waals surface area contributed by atoms with Crippen LogP contribution in [0, 0.1) is 11.8 Å². The van der Waals surface area contributed by atoms with E-state index in [2.05, 4.69) is 18.2 Å². The molecule has 11 heteroatoms. The number of nitrogens with zero attached hydrogens (tertiary/aromatic N) is 3. The Labute approximate surface area is 260 Å². The average molecular weight is 617 g/mol. The summed E-state index contributed by atoms with van der Waals surface area (Å²) >= 11 is 0. The Hall–Kier alpha value is -4.19. The minimum absolute atomic E-state index is 0.0203. The molecule has 3 aromatic rings. The average Bonchev–Trinajstić information content (AvgIpc) is 3.48. The van der Waals surface area contributed by atoms with Crippen molar-refractivity contribution in [3.05, 3.63) is 65.4 Å². The smallest absolute Gasteiger partial charge is 0.352 e. The van der Waals surface area contributed by atoms with Crippen LogP contribution in [-0.4, -0.2) is 106 Å². The third-order valence-electron chi connectivity index (χ3n) is 10.7. The number of carboxylic acids is 1. The summed E-state index contributed by atoms with van der Waals surface area (Å²) in [6, 6.07) is 11.8. The van der Waals surface area contributed by atoms with Crippen molar-refractivity contribution in [2.45, 2.75) is 32.5 Å². The van der Waals surface area contributed by atoms with Gasteiger partial charge in [-0.2, -0.15) is 0 Å². The largest absolute Gasteiger partial charge is 0.489 e. The van der Waals surface area contributed by atoms with Crippen LogP contribution < -0.4 is 10.5 Å². The molecule has 5 aliphatic rings. The molecule has 11 nitrogen and oxygen atoms in total. The van der Waals surface area contributed by atoms with E-state index in [1.165, 1.54) is 10.5 Å². The number of ether oxygens (including phenoxy) is 1. The molecule has 4 N–H and O–H groups in total. The number of rotatable bonds is 10. The van der Waals surface area contributed by atoms with Crippen molar-refractivity contribution in [3.63, 3.8) is 0 Å². The van der Waals surface area contributed by atoms with Gasteiger partial charge in [-0.25, -0.2) is 4.79 Å². The molecule has 4 atom stereocenters. The van der Waals surface area contributed by atoms with E-state index in [1.807, 2.05) is 25.1 Å². The van der Waals surface area contributed by atoms with E-state index < -0.39 is 18.0 Å². The molecule has 8 rings (SSSR count). The van der Waals surface area contributed by atoms with Crippen LogP contribution in [0.2, 0.25) is 0 Å². The molecule has 0 spiro atoms. The summed E-state index contributed by atoms with van der Waals surface area (Å²) in [4.78, 5) is 37.6. The highest BCUT2D eigenvalue weighted by Crippen LogP contribution is 2.47. The van der Waals surface area contributed by atoms with E-state index in [4.69, 9.17) is 14.9 Å². The van der Waals surface area contributed by atoms with Gasteiger partial charge in [0.05, 0.1) is 23.4 Å². The zero-order valence-electron chi connectivity index (χ0n) is 25.6. The van der Waals surface area contributed by atoms with Gasteiger partial charge < -0.3 is 39.0 Å². The summed E-state index contributed by atoms with van der Waals surface area (Å²) in [6.45, 7) is 11.1. The van der Waals surface area contributed by atoms with Crippen LogP contribution in [0.4, 0.5) is 0 Å². The van der Waals surface area contributed by atoms with E-state index in [1.54, 1.807) is 19.1 Å². The standard InChI is InChI=1S/C34H38N4O7/c1-20-23(32(34(42)43)36-31(20)29(21(2)39)33(36)41)5-4-16-44-25-6-3-7-26-30(25)24-9-8-22(17-27(24)45-26)18-37-10-13-38(14-11-37,15-12-37)19-28(35)40/h3-9,17,20-21,29,31,39H,10-16,18-19H2,1-2H3,(H-2,35,40,42,43)/p+2/b5-4+/t20-,21?,29?,31?,37?,38?/m0/s1. The predicted octanol–water partition coefficient (Wildman–Crippen LogP) is 2.36. The Morgan fingerprint density at radius 2 is 1.82 bits per heavy atom. The van der Waals surface area contributed by atoms with Gasteiger partial charge in [-0.3, -0.25) is 9.59 Å². The summed E-state index contributed by atoms with van der Waals surface area (Å²) in [5.41, 5.74) is 8.83. The first-order valence-corrected chi connectivity index (χ1v) is 15.7. The summed E-state index contributed by atoms with van der Waals surface area (Å²) in [6.07, 6.45) is 2.65. The molecule has 2 amide bonds. The highest BCUT2D eigenvalue weighted by atomic mass is 16.5. The van der Waals surface area contributed by atoms with Gasteiger partial charge >= 0.3 is 5.97 Å². The highest BCUT2D eigenvalue weighted by Gasteiger charge is 2.59. The van der Waals surface area contributed by atoms with Crippen LogP contribution >= 0.6 is 0 Å². The number of fused-ring (bicyclic) bond motifs is 7. The predicted molar refractivity (Wildman–Crippen MR) is 165 cm³/mol. The third kappa shape index (κ3) is 4.81. The van der Waals surface area contributed by atoms with Crippen LogP contribution in [0.3, 0.4) is 0 Å². The number of aliphatic hydroxyl groups excluding tert-OH is 1. The van der Waals surface area contributed by atoms with Crippen LogP contribution in [0.5, 0.6) is 5.75 Å². The second kappa shape index (κ2) is 10.7. The molecule has 1 aromatic heterocycles. The van der Waals surface area contributed by atoms with Crippen molar-refractivity contribution in [3.8, 4) is 5.75 Å². The molecule has 0 saturated carbocycles. The quantitative estimate of drug-likeness (QED) is 0.234. The van der Waals surface area contributed by atoms with Crippen LogP contribution in [0.25, 0.3) is 21.9 Å². The van der Waals surface area contributed by atoms with Crippen molar-refractivity contribution < 1.29 is 42.7 Å². The number of carbonyl (C=O) groups excluding carboxylic acids is 2. The zero-order valence-corrected chi connectivity index (χ0v) is 25.6. The maximum Gasteiger partial charge on any atom is 0.352 e. The molecule has 45 heavy (non-hydrogen) atoms. The number of aliphatic hydroxyl groups is 1. The lowest BCUT2D eigenvalue weighted by molar-refractivity contribution is -1.08. The fourth-order valence-corrected chi connectivity index (χ4v) is 8.32. The maximum atomic E-state index is 12.6. The highest BCUT2D eigenvalue weighted by molar-refractivity contribution is 6.08. The fraction of sp³-hybridized carbons (Fsp3) is 0.441. The molecule has 0 aliphatic carbocycles. The third-order valence-corrected chi connectivity index (χ3v) is 10.7. The molecule has 236 valence electrons. The first kappa shape index (κ1) is 29.5. The van der Waals surface area contributed by atoms with E-state index in [9.17, 15) is 24.6 Å². The second-order valence-electron chi connectivity index (χ2n) is 13.4. The second-order valence-corrected chi connectivity index (χ2v) is 13.4. The lowest BCUT2D eigenvalue weighted by Gasteiger charge is -2.55. The van der Waals surface area contributed by atoms with E-state index >= 15 is 0 Å². The van der Waals surface area contributed by atoms with Crippen LogP contribution in [0.1, 0.15) is 19.4 Å². The lowest BCUT2D eigenvalue weighted by atomic mass is 9.78. The summed E-state index contributed by atoms with van der Waals surface area (Å²) in [5, 5.41) is 21.8. The Balaban J connectivity index is 1.07. The number of piperazine rings is 3. The number of aliphatic carboxylic acids is 1. The van der Waals surface area contributed by atoms with Gasteiger partial charge in [0, 0.05) is 16.9 Å². The van der Waals surface area contributed by atoms with Crippen LogP contribution in [-0.2, 0) is 20.9 Å².